The molecule has 4 heteroatoms. The molecule has 0 spiro atoms. The molecule has 0 aliphatic carbocycles. The lowest BCUT2D eigenvalue weighted by Gasteiger charge is -2.35. The molecule has 0 aliphatic rings. The molecule has 0 amide bonds. The lowest BCUT2D eigenvalue weighted by molar-refractivity contribution is 0.112. The number of hydrogen-bond donors (Lipinski definition) is 1. The third-order valence-electron chi connectivity index (χ3n) is 3.47. The fraction of sp³-hybridized carbons (Fsp3) is 0.600. The van der Waals surface area contributed by atoms with Crippen LogP contribution in [0.15, 0.2) is 28.7 Å². The van der Waals surface area contributed by atoms with Crippen molar-refractivity contribution in [2.45, 2.75) is 32.4 Å². The molecule has 3 nitrogen and oxygen atoms in total. The zero-order valence-corrected chi connectivity index (χ0v) is 13.7. The fourth-order valence-electron chi connectivity index (χ4n) is 2.31. The topological polar surface area (TPSA) is 38.5 Å². The SMILES string of the molecule is CCC(N)C(c1ccc(Br)cc1)N(CC)CCOC. The summed E-state index contributed by atoms with van der Waals surface area (Å²) >= 11 is 3.48. The third-order valence-corrected chi connectivity index (χ3v) is 4.00. The molecule has 108 valence electrons. The van der Waals surface area contributed by atoms with Crippen LogP contribution in [0.3, 0.4) is 0 Å². The molecule has 0 aromatic heterocycles. The van der Waals surface area contributed by atoms with E-state index in [1.165, 1.54) is 5.56 Å². The number of hydrogen-bond acceptors (Lipinski definition) is 3. The van der Waals surface area contributed by atoms with Gasteiger partial charge in [0.25, 0.3) is 0 Å². The highest BCUT2D eigenvalue weighted by molar-refractivity contribution is 9.10. The summed E-state index contributed by atoms with van der Waals surface area (Å²) in [5.74, 6) is 0. The van der Waals surface area contributed by atoms with Crippen molar-refractivity contribution in [2.24, 2.45) is 5.73 Å². The van der Waals surface area contributed by atoms with Gasteiger partial charge in [0.15, 0.2) is 0 Å². The Balaban J connectivity index is 2.95. The molecule has 2 N–H and O–H groups in total. The second kappa shape index (κ2) is 8.69. The molecule has 1 aromatic carbocycles. The summed E-state index contributed by atoms with van der Waals surface area (Å²) in [5.41, 5.74) is 7.61. The van der Waals surface area contributed by atoms with Crippen LogP contribution in [-0.2, 0) is 4.74 Å². The first-order valence-corrected chi connectivity index (χ1v) is 7.67. The minimum Gasteiger partial charge on any atom is -0.383 e. The molecule has 0 saturated heterocycles. The van der Waals surface area contributed by atoms with Gasteiger partial charge in [-0.25, -0.2) is 0 Å². The Hall–Kier alpha value is -0.420. The molecular weight excluding hydrogens is 304 g/mol. The fourth-order valence-corrected chi connectivity index (χ4v) is 2.58. The van der Waals surface area contributed by atoms with E-state index in [-0.39, 0.29) is 12.1 Å². The van der Waals surface area contributed by atoms with Crippen LogP contribution < -0.4 is 5.73 Å². The van der Waals surface area contributed by atoms with E-state index in [9.17, 15) is 0 Å². The first kappa shape index (κ1) is 16.6. The van der Waals surface area contributed by atoms with Crippen LogP contribution in [0.1, 0.15) is 31.9 Å². The van der Waals surface area contributed by atoms with Gasteiger partial charge in [-0.2, -0.15) is 0 Å². The lowest BCUT2D eigenvalue weighted by atomic mass is 9.96. The van der Waals surface area contributed by atoms with E-state index in [0.29, 0.717) is 0 Å². The van der Waals surface area contributed by atoms with Crippen LogP contribution in [-0.4, -0.2) is 37.7 Å². The summed E-state index contributed by atoms with van der Waals surface area (Å²) in [6.45, 7) is 6.92. The first-order chi connectivity index (χ1) is 9.13. The van der Waals surface area contributed by atoms with Crippen LogP contribution in [0.2, 0.25) is 0 Å². The molecule has 0 bridgehead atoms. The highest BCUT2D eigenvalue weighted by Gasteiger charge is 2.24. The van der Waals surface area contributed by atoms with Crippen LogP contribution in [0.4, 0.5) is 0 Å². The predicted octanol–water partition coefficient (Wildman–Crippen LogP) is 3.20. The van der Waals surface area contributed by atoms with E-state index in [4.69, 9.17) is 10.5 Å². The number of benzene rings is 1. The normalized spacial score (nSPS) is 14.6. The van der Waals surface area contributed by atoms with E-state index in [1.807, 2.05) is 0 Å². The number of rotatable bonds is 8. The summed E-state index contributed by atoms with van der Waals surface area (Å²) in [4.78, 5) is 2.39. The van der Waals surface area contributed by atoms with Gasteiger partial charge in [0.1, 0.15) is 0 Å². The van der Waals surface area contributed by atoms with Crippen LogP contribution in [0.25, 0.3) is 0 Å². The Kier molecular flexibility index (Phi) is 7.61. The average molecular weight is 329 g/mol. The Bertz CT molecular complexity index is 356. The van der Waals surface area contributed by atoms with Gasteiger partial charge in [-0.3, -0.25) is 4.90 Å². The van der Waals surface area contributed by atoms with Gasteiger partial charge in [-0.05, 0) is 30.7 Å². The lowest BCUT2D eigenvalue weighted by Crippen LogP contribution is -2.42. The van der Waals surface area contributed by atoms with E-state index >= 15 is 0 Å². The van der Waals surface area contributed by atoms with Gasteiger partial charge in [0, 0.05) is 30.2 Å². The quantitative estimate of drug-likeness (QED) is 0.796. The molecule has 0 radical (unpaired) electrons. The molecule has 1 rings (SSSR count). The van der Waals surface area contributed by atoms with Crippen LogP contribution >= 0.6 is 15.9 Å². The number of nitrogens with two attached hydrogens (primary N) is 1. The maximum absolute atomic E-state index is 6.34. The highest BCUT2D eigenvalue weighted by atomic mass is 79.9. The van der Waals surface area contributed by atoms with E-state index in [0.717, 1.165) is 30.6 Å². The van der Waals surface area contributed by atoms with Crippen molar-refractivity contribution < 1.29 is 4.74 Å². The van der Waals surface area contributed by atoms with Gasteiger partial charge < -0.3 is 10.5 Å². The molecular formula is C15H25BrN2O. The van der Waals surface area contributed by atoms with Crippen LogP contribution in [0, 0.1) is 0 Å². The highest BCUT2D eigenvalue weighted by Crippen LogP contribution is 2.26. The Morgan fingerprint density at radius 2 is 1.89 bits per heavy atom. The van der Waals surface area contributed by atoms with Crippen molar-refractivity contribution in [3.8, 4) is 0 Å². The molecule has 0 heterocycles. The number of likely N-dealkylation sites (N-methyl/N-ethyl adjacent to an activating group) is 1. The van der Waals surface area contributed by atoms with Crippen LogP contribution in [0.5, 0.6) is 0 Å². The second-order valence-corrected chi connectivity index (χ2v) is 5.61. The summed E-state index contributed by atoms with van der Waals surface area (Å²) in [7, 11) is 1.74. The van der Waals surface area contributed by atoms with E-state index in [1.54, 1.807) is 7.11 Å². The second-order valence-electron chi connectivity index (χ2n) is 4.69. The number of halogens is 1. The molecule has 2 atom stereocenters. The van der Waals surface area contributed by atoms with E-state index < -0.39 is 0 Å². The number of ether oxygens (including phenoxy) is 1. The zero-order valence-electron chi connectivity index (χ0n) is 12.1. The Morgan fingerprint density at radius 3 is 2.37 bits per heavy atom. The molecule has 1 aromatic rings. The van der Waals surface area contributed by atoms with Crippen molar-refractivity contribution in [3.63, 3.8) is 0 Å². The van der Waals surface area contributed by atoms with Crippen molar-refractivity contribution in [3.05, 3.63) is 34.3 Å². The van der Waals surface area contributed by atoms with Crippen molar-refractivity contribution in [2.75, 3.05) is 26.8 Å². The van der Waals surface area contributed by atoms with Gasteiger partial charge in [-0.1, -0.05) is 41.9 Å². The van der Waals surface area contributed by atoms with Gasteiger partial charge >= 0.3 is 0 Å². The van der Waals surface area contributed by atoms with Gasteiger partial charge in [0.2, 0.25) is 0 Å². The van der Waals surface area contributed by atoms with Crippen molar-refractivity contribution in [1.29, 1.82) is 0 Å². The summed E-state index contributed by atoms with van der Waals surface area (Å²) in [6, 6.07) is 8.85. The average Bonchev–Trinajstić information content (AvgIpc) is 2.44. The number of methoxy groups -OCH3 is 1. The van der Waals surface area contributed by atoms with Crippen molar-refractivity contribution >= 4 is 15.9 Å². The zero-order chi connectivity index (χ0) is 14.3. The van der Waals surface area contributed by atoms with Gasteiger partial charge in [-0.15, -0.1) is 0 Å². The number of nitrogens with zero attached hydrogens (tertiary/aromatic N) is 1. The molecule has 0 fully saturated rings. The maximum Gasteiger partial charge on any atom is 0.0589 e. The Labute approximate surface area is 125 Å². The largest absolute Gasteiger partial charge is 0.383 e. The minimum atomic E-state index is 0.137. The summed E-state index contributed by atoms with van der Waals surface area (Å²) in [6.07, 6.45) is 0.963. The molecule has 19 heavy (non-hydrogen) atoms. The van der Waals surface area contributed by atoms with Crippen molar-refractivity contribution in [1.82, 2.24) is 4.90 Å². The molecule has 2 unspecified atom stereocenters. The minimum absolute atomic E-state index is 0.137. The maximum atomic E-state index is 6.34. The summed E-state index contributed by atoms with van der Waals surface area (Å²) < 4.78 is 6.30. The van der Waals surface area contributed by atoms with E-state index in [2.05, 4.69) is 58.9 Å². The molecule has 0 aliphatic heterocycles. The predicted molar refractivity (Wildman–Crippen MR) is 84.3 cm³/mol. The molecule has 0 saturated carbocycles. The van der Waals surface area contributed by atoms with Gasteiger partial charge in [0.05, 0.1) is 6.61 Å². The Morgan fingerprint density at radius 1 is 1.26 bits per heavy atom. The standard InChI is InChI=1S/C15H25BrN2O/c1-4-14(17)15(18(5-2)10-11-19-3)12-6-8-13(16)9-7-12/h6-9,14-15H,4-5,10-11,17H2,1-3H3. The first-order valence-electron chi connectivity index (χ1n) is 6.88. The third kappa shape index (κ3) is 4.88. The monoisotopic (exact) mass is 328 g/mol. The summed E-state index contributed by atoms with van der Waals surface area (Å²) in [5, 5.41) is 0. The smallest absolute Gasteiger partial charge is 0.0589 e.